The van der Waals surface area contributed by atoms with Gasteiger partial charge in [-0.1, -0.05) is 30.3 Å². The average Bonchev–Trinajstić information content (AvgIpc) is 2.85. The fourth-order valence-corrected chi connectivity index (χ4v) is 3.62. The number of benzene rings is 4. The smallest absolute Gasteiger partial charge is 0.255 e. The second-order valence-electron chi connectivity index (χ2n) is 7.80. The number of carbonyl (C=O) groups excluding carboxylic acids is 1. The molecule has 4 rings (SSSR count). The summed E-state index contributed by atoms with van der Waals surface area (Å²) >= 11 is 0. The van der Waals surface area contributed by atoms with E-state index in [9.17, 15) is 9.90 Å². The number of nitriles is 1. The maximum absolute atomic E-state index is 12.8. The van der Waals surface area contributed by atoms with Gasteiger partial charge in [-0.3, -0.25) is 4.79 Å². The Kier molecular flexibility index (Phi) is 6.10. The van der Waals surface area contributed by atoms with Gasteiger partial charge in [-0.15, -0.1) is 0 Å². The SMILES string of the molecule is Cc1ccc(NC(=O)c2ccc(-c3ccc(O)cc3)cc2)cc1N(C)c1ccc(C#N)cc1. The van der Waals surface area contributed by atoms with Gasteiger partial charge < -0.3 is 15.3 Å². The van der Waals surface area contributed by atoms with Crippen molar-refractivity contribution in [2.24, 2.45) is 0 Å². The van der Waals surface area contributed by atoms with Crippen molar-refractivity contribution in [3.8, 4) is 22.9 Å². The molecule has 4 aromatic rings. The predicted molar refractivity (Wildman–Crippen MR) is 132 cm³/mol. The highest BCUT2D eigenvalue weighted by Crippen LogP contribution is 2.30. The summed E-state index contributed by atoms with van der Waals surface area (Å²) in [7, 11) is 1.96. The molecule has 0 aliphatic rings. The molecule has 0 unspecified atom stereocenters. The molecule has 0 heterocycles. The lowest BCUT2D eigenvalue weighted by atomic mass is 10.0. The molecule has 5 nitrogen and oxygen atoms in total. The lowest BCUT2D eigenvalue weighted by molar-refractivity contribution is 0.102. The second-order valence-corrected chi connectivity index (χ2v) is 7.80. The van der Waals surface area contributed by atoms with E-state index < -0.39 is 0 Å². The Morgan fingerprint density at radius 2 is 1.48 bits per heavy atom. The minimum atomic E-state index is -0.192. The van der Waals surface area contributed by atoms with Gasteiger partial charge in [0.2, 0.25) is 0 Å². The van der Waals surface area contributed by atoms with Crippen molar-refractivity contribution in [1.82, 2.24) is 0 Å². The zero-order valence-electron chi connectivity index (χ0n) is 18.4. The Bertz CT molecular complexity index is 1320. The molecule has 0 aliphatic carbocycles. The number of amides is 1. The lowest BCUT2D eigenvalue weighted by Gasteiger charge is -2.22. The van der Waals surface area contributed by atoms with Gasteiger partial charge in [0, 0.05) is 29.7 Å². The van der Waals surface area contributed by atoms with E-state index in [0.29, 0.717) is 16.8 Å². The van der Waals surface area contributed by atoms with Crippen LogP contribution in [0.2, 0.25) is 0 Å². The van der Waals surface area contributed by atoms with Gasteiger partial charge in [-0.05, 0) is 84.3 Å². The number of phenolic OH excluding ortho intramolecular Hbond substituents is 1. The summed E-state index contributed by atoms with van der Waals surface area (Å²) in [6.45, 7) is 2.02. The first kappa shape index (κ1) is 21.7. The third kappa shape index (κ3) is 4.86. The van der Waals surface area contributed by atoms with Gasteiger partial charge in [0.1, 0.15) is 5.75 Å². The van der Waals surface area contributed by atoms with Crippen molar-refractivity contribution < 1.29 is 9.90 Å². The van der Waals surface area contributed by atoms with Gasteiger partial charge in [-0.25, -0.2) is 0 Å². The predicted octanol–water partition coefficient (Wildman–Crippen LogP) is 6.26. The highest BCUT2D eigenvalue weighted by atomic mass is 16.3. The highest BCUT2D eigenvalue weighted by molar-refractivity contribution is 6.04. The van der Waals surface area contributed by atoms with Crippen molar-refractivity contribution in [2.45, 2.75) is 6.92 Å². The van der Waals surface area contributed by atoms with Crippen LogP contribution in [0.5, 0.6) is 5.75 Å². The Balaban J connectivity index is 1.51. The topological polar surface area (TPSA) is 76.4 Å². The maximum atomic E-state index is 12.8. The number of hydrogen-bond donors (Lipinski definition) is 2. The number of anilines is 3. The van der Waals surface area contributed by atoms with Crippen LogP contribution in [0.3, 0.4) is 0 Å². The molecule has 162 valence electrons. The van der Waals surface area contributed by atoms with E-state index >= 15 is 0 Å². The Morgan fingerprint density at radius 1 is 0.879 bits per heavy atom. The van der Waals surface area contributed by atoms with E-state index in [2.05, 4.69) is 11.4 Å². The fraction of sp³-hybridized carbons (Fsp3) is 0.0714. The molecule has 1 amide bonds. The Labute approximate surface area is 193 Å². The van der Waals surface area contributed by atoms with Crippen molar-refractivity contribution >= 4 is 23.0 Å². The van der Waals surface area contributed by atoms with E-state index in [1.54, 1.807) is 36.4 Å². The minimum absolute atomic E-state index is 0.192. The molecular weight excluding hydrogens is 410 g/mol. The maximum Gasteiger partial charge on any atom is 0.255 e. The second kappa shape index (κ2) is 9.29. The normalized spacial score (nSPS) is 10.3. The number of hydrogen-bond acceptors (Lipinski definition) is 4. The van der Waals surface area contributed by atoms with Crippen LogP contribution in [0.4, 0.5) is 17.1 Å². The summed E-state index contributed by atoms with van der Waals surface area (Å²) in [5.74, 6) is 0.0279. The lowest BCUT2D eigenvalue weighted by Crippen LogP contribution is -2.14. The van der Waals surface area contributed by atoms with E-state index in [4.69, 9.17) is 5.26 Å². The van der Waals surface area contributed by atoms with Crippen LogP contribution in [0.15, 0.2) is 91.0 Å². The van der Waals surface area contributed by atoms with E-state index in [0.717, 1.165) is 28.1 Å². The number of carbonyl (C=O) groups is 1. The third-order valence-electron chi connectivity index (χ3n) is 5.56. The summed E-state index contributed by atoms with van der Waals surface area (Å²) < 4.78 is 0. The van der Waals surface area contributed by atoms with E-state index in [-0.39, 0.29) is 11.7 Å². The highest BCUT2D eigenvalue weighted by Gasteiger charge is 2.11. The van der Waals surface area contributed by atoms with Crippen LogP contribution in [-0.4, -0.2) is 18.1 Å². The molecule has 5 heteroatoms. The summed E-state index contributed by atoms with van der Waals surface area (Å²) in [4.78, 5) is 14.9. The van der Waals surface area contributed by atoms with Gasteiger partial charge in [0.25, 0.3) is 5.91 Å². The van der Waals surface area contributed by atoms with E-state index in [1.165, 1.54) is 0 Å². The van der Waals surface area contributed by atoms with Gasteiger partial charge in [0.05, 0.1) is 11.6 Å². The molecule has 0 bridgehead atoms. The number of aryl methyl sites for hydroxylation is 1. The van der Waals surface area contributed by atoms with Gasteiger partial charge in [-0.2, -0.15) is 5.26 Å². The molecule has 0 aliphatic heterocycles. The molecule has 0 radical (unpaired) electrons. The standard InChI is InChI=1S/C28H23N3O2/c1-19-3-12-24(17-27(19)31(2)25-13-4-20(18-29)5-14-25)30-28(33)23-8-6-21(7-9-23)22-10-15-26(32)16-11-22/h3-17,32H,1-2H3,(H,30,33). The molecule has 0 atom stereocenters. The number of aromatic hydroxyl groups is 1. The van der Waals surface area contributed by atoms with Crippen LogP contribution in [0.1, 0.15) is 21.5 Å². The molecule has 0 fully saturated rings. The zero-order valence-corrected chi connectivity index (χ0v) is 18.4. The molecule has 4 aromatic carbocycles. The van der Waals surface area contributed by atoms with Crippen LogP contribution in [0, 0.1) is 18.3 Å². The van der Waals surface area contributed by atoms with Crippen LogP contribution in [-0.2, 0) is 0 Å². The fourth-order valence-electron chi connectivity index (χ4n) is 3.62. The average molecular weight is 434 g/mol. The van der Waals surface area contributed by atoms with Crippen molar-refractivity contribution in [3.63, 3.8) is 0 Å². The number of nitrogens with zero attached hydrogens (tertiary/aromatic N) is 2. The first-order valence-electron chi connectivity index (χ1n) is 10.5. The largest absolute Gasteiger partial charge is 0.508 e. The Hall–Kier alpha value is -4.56. The molecule has 0 spiro atoms. The van der Waals surface area contributed by atoms with Crippen LogP contribution in [0.25, 0.3) is 11.1 Å². The summed E-state index contributed by atoms with van der Waals surface area (Å²) in [6, 6.07) is 29.6. The van der Waals surface area contributed by atoms with Crippen molar-refractivity contribution in [3.05, 3.63) is 108 Å². The summed E-state index contributed by atoms with van der Waals surface area (Å²) in [5.41, 5.74) is 6.77. The third-order valence-corrected chi connectivity index (χ3v) is 5.56. The number of nitrogens with one attached hydrogen (secondary N) is 1. The van der Waals surface area contributed by atoms with Gasteiger partial charge in [0.15, 0.2) is 0 Å². The minimum Gasteiger partial charge on any atom is -0.508 e. The number of rotatable bonds is 5. The quantitative estimate of drug-likeness (QED) is 0.389. The van der Waals surface area contributed by atoms with Crippen molar-refractivity contribution in [2.75, 3.05) is 17.3 Å². The zero-order chi connectivity index (χ0) is 23.4. The Morgan fingerprint density at radius 3 is 2.09 bits per heavy atom. The molecule has 0 saturated heterocycles. The number of phenols is 1. The summed E-state index contributed by atoms with van der Waals surface area (Å²) in [5, 5.41) is 21.4. The van der Waals surface area contributed by atoms with Gasteiger partial charge >= 0.3 is 0 Å². The first-order valence-corrected chi connectivity index (χ1v) is 10.5. The summed E-state index contributed by atoms with van der Waals surface area (Å²) in [6.07, 6.45) is 0. The monoisotopic (exact) mass is 433 g/mol. The molecule has 0 saturated carbocycles. The van der Waals surface area contributed by atoms with Crippen molar-refractivity contribution in [1.29, 1.82) is 5.26 Å². The van der Waals surface area contributed by atoms with Crippen LogP contribution >= 0.6 is 0 Å². The molecular formula is C28H23N3O2. The molecule has 2 N–H and O–H groups in total. The molecule has 33 heavy (non-hydrogen) atoms. The first-order chi connectivity index (χ1) is 15.9. The van der Waals surface area contributed by atoms with Crippen LogP contribution < -0.4 is 10.2 Å². The van der Waals surface area contributed by atoms with E-state index in [1.807, 2.05) is 73.5 Å². The molecule has 0 aromatic heterocycles.